The van der Waals surface area contributed by atoms with Crippen LogP contribution in [0.25, 0.3) is 0 Å². The zero-order valence-corrected chi connectivity index (χ0v) is 76.9. The fourth-order valence-electron chi connectivity index (χ4n) is 11.6. The Hall–Kier alpha value is -7.92. The van der Waals surface area contributed by atoms with Gasteiger partial charge in [0.05, 0.1) is 203 Å². The van der Waals surface area contributed by atoms with Crippen LogP contribution >= 0.6 is 0 Å². The number of nitrogens with zero attached hydrogens (tertiary/aromatic N) is 7. The topological polar surface area (TPSA) is 271 Å². The molecule has 0 heterocycles. The fraction of sp³-hybridized carbons (Fsp3) is 0.685. The molecule has 5 fully saturated rings. The number of nitrogens with one attached hydrogen (secondary N) is 3. The van der Waals surface area contributed by atoms with Gasteiger partial charge >= 0.3 is 41.8 Å². The number of ether oxygens (including phenoxy) is 7. The average molecular weight is 1640 g/mol. The first kappa shape index (κ1) is 110. The van der Waals surface area contributed by atoms with Crippen molar-refractivity contribution in [3.05, 3.63) is 109 Å². The Morgan fingerprint density at radius 3 is 1.06 bits per heavy atom. The van der Waals surface area contributed by atoms with Crippen molar-refractivity contribution in [3.63, 3.8) is 0 Å². The molecular weight excluding hydrogens is 1480 g/mol. The van der Waals surface area contributed by atoms with Crippen molar-refractivity contribution in [2.75, 3.05) is 260 Å². The predicted octanol–water partition coefficient (Wildman–Crippen LogP) is 8.81. The van der Waals surface area contributed by atoms with E-state index in [0.29, 0.717) is 90.4 Å². The van der Waals surface area contributed by atoms with E-state index in [1.807, 2.05) is 81.6 Å². The molecule has 0 aliphatic heterocycles. The molecule has 4 bridgehead atoms. The number of carbonyl (C=O) groups is 10. The maximum atomic E-state index is 12.6. The van der Waals surface area contributed by atoms with Gasteiger partial charge in [-0.15, -0.1) is 0 Å². The Labute approximate surface area is 699 Å². The lowest BCUT2D eigenvalue weighted by Gasteiger charge is -2.55. The number of hydrogen-bond acceptors (Lipinski definition) is 17. The lowest BCUT2D eigenvalue weighted by atomic mass is 9.49. The van der Waals surface area contributed by atoms with Gasteiger partial charge in [0, 0.05) is 18.5 Å². The molecule has 662 valence electrons. The second kappa shape index (κ2) is 55.0. The molecule has 2 aromatic carbocycles. The molecule has 3 amide bonds. The SMILES string of the molecule is C=C(C)C(=O)NCC[N+](C)(C)C.C=CC(=O)NCCC[N+](C)(C)C.C=CC(=O)NCC[N+](C)(C)C.CC(C)(C)C.C[N+](C)(C)CCOC(=O)COC(=O)C12CC3CC(CC(C3)C1)C2.C[N+](C)(C)CCOC(=O)COC(=O)C1CCCCC1.C[N+](C)(C)CCOC(=O)COC(=O)c1ccccc1.C[N+](C)(C)CCOC(=O)c1ccccc1. The van der Waals surface area contributed by atoms with Crippen LogP contribution in [0, 0.1) is 34.5 Å². The lowest BCUT2D eigenvalue weighted by molar-refractivity contribution is -0.870. The number of amides is 3. The zero-order chi connectivity index (χ0) is 89.4. The third-order valence-electron chi connectivity index (χ3n) is 17.7. The molecule has 3 N–H and O–H groups in total. The molecule has 27 nitrogen and oxygen atoms in total. The van der Waals surface area contributed by atoms with Crippen molar-refractivity contribution in [1.82, 2.24) is 16.0 Å². The summed E-state index contributed by atoms with van der Waals surface area (Å²) in [6.45, 7) is 29.4. The van der Waals surface area contributed by atoms with Crippen LogP contribution in [-0.2, 0) is 71.5 Å². The Morgan fingerprint density at radius 1 is 0.414 bits per heavy atom. The second-order valence-corrected chi connectivity index (χ2v) is 39.3. The minimum absolute atomic E-state index is 0.0206. The number of esters is 7. The monoisotopic (exact) mass is 1640 g/mol. The first-order valence-electron chi connectivity index (χ1n) is 40.9. The van der Waals surface area contributed by atoms with E-state index in [1.54, 1.807) is 49.4 Å². The molecule has 5 aliphatic rings. The molecule has 2 aromatic rings. The average Bonchev–Trinajstić information content (AvgIpc) is 0.742. The van der Waals surface area contributed by atoms with Crippen molar-refractivity contribution in [1.29, 1.82) is 0 Å². The third-order valence-corrected chi connectivity index (χ3v) is 17.7. The summed E-state index contributed by atoms with van der Waals surface area (Å²) in [4.78, 5) is 114. The van der Waals surface area contributed by atoms with Gasteiger partial charge in [0.25, 0.3) is 0 Å². The van der Waals surface area contributed by atoms with E-state index in [0.717, 1.165) is 124 Å². The van der Waals surface area contributed by atoms with Crippen LogP contribution in [0.15, 0.2) is 98.1 Å². The first-order chi connectivity index (χ1) is 53.2. The van der Waals surface area contributed by atoms with Gasteiger partial charge in [0.1, 0.15) is 52.6 Å². The van der Waals surface area contributed by atoms with E-state index in [4.69, 9.17) is 33.2 Å². The van der Waals surface area contributed by atoms with E-state index < -0.39 is 23.9 Å². The van der Waals surface area contributed by atoms with Crippen LogP contribution in [0.1, 0.15) is 132 Å². The first-order valence-corrected chi connectivity index (χ1v) is 40.9. The van der Waals surface area contributed by atoms with Crippen molar-refractivity contribution in [3.8, 4) is 0 Å². The van der Waals surface area contributed by atoms with Crippen LogP contribution in [0.2, 0.25) is 0 Å². The predicted molar refractivity (Wildman–Crippen MR) is 460 cm³/mol. The molecular formula is C89H161N10O17+7. The number of likely N-dealkylation sites (N-methyl/N-ethyl adjacent to an activating group) is 6. The molecule has 5 aliphatic carbocycles. The van der Waals surface area contributed by atoms with Gasteiger partial charge < -0.3 is 80.5 Å². The van der Waals surface area contributed by atoms with E-state index >= 15 is 0 Å². The molecule has 5 saturated carbocycles. The Bertz CT molecular complexity index is 3200. The van der Waals surface area contributed by atoms with E-state index in [2.05, 4.69) is 148 Å². The molecule has 0 radical (unpaired) electrons. The molecule has 0 spiro atoms. The van der Waals surface area contributed by atoms with Gasteiger partial charge in [-0.2, -0.15) is 0 Å². The molecule has 0 unspecified atom stereocenters. The Balaban J connectivity index is 0. The van der Waals surface area contributed by atoms with Crippen molar-refractivity contribution < 1.29 is 112 Å². The van der Waals surface area contributed by atoms with Crippen LogP contribution in [0.3, 0.4) is 0 Å². The highest BCUT2D eigenvalue weighted by Gasteiger charge is 2.55. The minimum atomic E-state index is -0.530. The maximum Gasteiger partial charge on any atom is 0.344 e. The summed E-state index contributed by atoms with van der Waals surface area (Å²) < 4.78 is 41.1. The van der Waals surface area contributed by atoms with E-state index in [-0.39, 0.29) is 66.8 Å². The number of hydrogen-bond donors (Lipinski definition) is 3. The van der Waals surface area contributed by atoms with Gasteiger partial charge in [-0.3, -0.25) is 24.0 Å². The van der Waals surface area contributed by atoms with Crippen LogP contribution in [0.5, 0.6) is 0 Å². The number of quaternary nitrogens is 7. The molecule has 116 heavy (non-hydrogen) atoms. The highest BCUT2D eigenvalue weighted by atomic mass is 16.6. The smallest absolute Gasteiger partial charge is 0.344 e. The summed E-state index contributed by atoms with van der Waals surface area (Å²) in [5.74, 6) is -0.754. The molecule has 0 atom stereocenters. The van der Waals surface area contributed by atoms with Gasteiger partial charge in [-0.25, -0.2) is 24.0 Å². The number of benzene rings is 2. The van der Waals surface area contributed by atoms with Gasteiger partial charge in [-0.1, -0.05) is 103 Å². The second-order valence-electron chi connectivity index (χ2n) is 39.3. The summed E-state index contributed by atoms with van der Waals surface area (Å²) in [7, 11) is 43.3. The normalized spacial score (nSPS) is 16.8. The summed E-state index contributed by atoms with van der Waals surface area (Å²) in [5.41, 5.74) is 1.80. The molecule has 7 rings (SSSR count). The van der Waals surface area contributed by atoms with Gasteiger partial charge in [0.2, 0.25) is 17.7 Å². The highest BCUT2D eigenvalue weighted by Crippen LogP contribution is 2.60. The van der Waals surface area contributed by atoms with E-state index in [9.17, 15) is 47.9 Å². The van der Waals surface area contributed by atoms with Crippen molar-refractivity contribution >= 4 is 59.5 Å². The maximum absolute atomic E-state index is 12.6. The van der Waals surface area contributed by atoms with Crippen LogP contribution in [-0.4, -0.2) is 351 Å². The highest BCUT2D eigenvalue weighted by molar-refractivity contribution is 5.92. The van der Waals surface area contributed by atoms with Crippen LogP contribution in [0.4, 0.5) is 0 Å². The zero-order valence-electron chi connectivity index (χ0n) is 76.9. The molecule has 27 heteroatoms. The summed E-state index contributed by atoms with van der Waals surface area (Å²) in [6, 6.07) is 17.6. The third kappa shape index (κ3) is 65.2. The molecule has 0 aromatic heterocycles. The Kier molecular flexibility index (Phi) is 52.2. The van der Waals surface area contributed by atoms with Gasteiger partial charge in [0.15, 0.2) is 19.8 Å². The van der Waals surface area contributed by atoms with E-state index in [1.165, 1.54) is 37.8 Å². The van der Waals surface area contributed by atoms with Crippen LogP contribution < -0.4 is 16.0 Å². The van der Waals surface area contributed by atoms with Crippen molar-refractivity contribution in [2.24, 2.45) is 34.5 Å². The standard InChI is InChI=1S/C18H30NO4.C14H26NO4.C14H20NO4.C12H18NO2.2C9H18N2O.C8H16N2O.C5H12/c1-19(2,3)4-5-22-16(20)12-23-17(21)18-9-13-6-14(10-18)8-15(7-13)11-18;2*1-15(2,3)9-10-18-13(16)11-19-14(17)12-7-5-4-6-8-12;1-13(2,3)9-10-15-12(14)11-7-5-4-6-8-11;1-8(2)9(12)10-6-7-11(3,4)5;1-5-9(12)10-7-6-8-11(2,3)4;1-5-8(11)9-6-7-10(2,3)4;1-5(2,3)4/h13-15H,4-12H2,1-3H3;12H,4-11H2,1-3H3;4-8H,9-11H2,1-3H3;4-8H,9-10H2,1-3H3;1,6-7H2,2-5H3;5H,1,6-8H2,2-4H3;5H,1,6-7H2,2-4H3;1-4H3/q4*+1;;;;/p+3. The largest absolute Gasteiger partial charge is 0.457 e. The molecule has 0 saturated heterocycles. The number of carbonyl (C=O) groups excluding carboxylic acids is 10. The Morgan fingerprint density at radius 2 is 0.724 bits per heavy atom. The summed E-state index contributed by atoms with van der Waals surface area (Å²) in [6.07, 6.45) is 15.5. The lowest BCUT2D eigenvalue weighted by Crippen LogP contribution is -2.50. The fourth-order valence-corrected chi connectivity index (χ4v) is 11.6. The minimum Gasteiger partial charge on any atom is -0.457 e. The van der Waals surface area contributed by atoms with Gasteiger partial charge in [-0.05, 0) is 118 Å². The summed E-state index contributed by atoms with van der Waals surface area (Å²) in [5, 5.41) is 8.24. The van der Waals surface area contributed by atoms with Crippen molar-refractivity contribution in [2.45, 2.75) is 112 Å². The summed E-state index contributed by atoms with van der Waals surface area (Å²) >= 11 is 0. The quantitative estimate of drug-likeness (QED) is 0.0191. The number of rotatable bonds is 35.